The Morgan fingerprint density at radius 2 is 2.19 bits per heavy atom. The zero-order valence-corrected chi connectivity index (χ0v) is 18.2. The van der Waals surface area contributed by atoms with Gasteiger partial charge in [-0.1, -0.05) is 23.4 Å². The molecule has 1 aliphatic heterocycles. The molecule has 1 atom stereocenters. The fourth-order valence-electron chi connectivity index (χ4n) is 3.24. The van der Waals surface area contributed by atoms with Crippen molar-refractivity contribution < 1.29 is 9.57 Å². The van der Waals surface area contributed by atoms with Gasteiger partial charge in [0.25, 0.3) is 0 Å². The minimum Gasteiger partial charge on any atom is -0.489 e. The number of nitrogens with zero attached hydrogens (tertiary/aromatic N) is 4. The van der Waals surface area contributed by atoms with Gasteiger partial charge in [0, 0.05) is 48.4 Å². The van der Waals surface area contributed by atoms with Gasteiger partial charge in [0.05, 0.1) is 18.5 Å². The highest BCUT2D eigenvalue weighted by Crippen LogP contribution is 2.29. The monoisotopic (exact) mass is 436 g/mol. The maximum Gasteiger partial charge on any atom is 0.171 e. The summed E-state index contributed by atoms with van der Waals surface area (Å²) in [6, 6.07) is 11.7. The first-order valence-electron chi connectivity index (χ1n) is 9.97. The molecule has 0 saturated carbocycles. The molecule has 31 heavy (non-hydrogen) atoms. The molecule has 0 spiro atoms. The van der Waals surface area contributed by atoms with Crippen molar-refractivity contribution in [2.24, 2.45) is 12.2 Å². The van der Waals surface area contributed by atoms with Gasteiger partial charge in [-0.2, -0.15) is 5.10 Å². The molecule has 1 aliphatic rings. The Balaban J connectivity index is 1.24. The number of hydrogen-bond acceptors (Lipinski definition) is 6. The molecule has 0 saturated heterocycles. The molecule has 4 rings (SSSR count). The van der Waals surface area contributed by atoms with Crippen LogP contribution in [0.25, 0.3) is 11.1 Å². The Morgan fingerprint density at radius 3 is 3.00 bits per heavy atom. The number of aryl methyl sites for hydroxylation is 2. The summed E-state index contributed by atoms with van der Waals surface area (Å²) in [6.07, 6.45) is 6.07. The molecule has 8 nitrogen and oxygen atoms in total. The van der Waals surface area contributed by atoms with Crippen molar-refractivity contribution in [2.45, 2.75) is 19.4 Å². The summed E-state index contributed by atoms with van der Waals surface area (Å²) in [5, 5.41) is 15.2. The lowest BCUT2D eigenvalue weighted by Crippen LogP contribution is -2.33. The lowest BCUT2D eigenvalue weighted by molar-refractivity contribution is 0.0472. The molecular formula is C22H24N6O2S. The summed E-state index contributed by atoms with van der Waals surface area (Å²) in [7, 11) is 1.89. The Kier molecular flexibility index (Phi) is 6.42. The quantitative estimate of drug-likeness (QED) is 0.550. The van der Waals surface area contributed by atoms with Crippen molar-refractivity contribution in [1.29, 1.82) is 0 Å². The number of ether oxygens (including phenoxy) is 1. The van der Waals surface area contributed by atoms with Gasteiger partial charge in [-0.25, -0.2) is 0 Å². The average molecular weight is 437 g/mol. The predicted octanol–water partition coefficient (Wildman–Crippen LogP) is 3.30. The fraction of sp³-hybridized carbons (Fsp3) is 0.273. The highest BCUT2D eigenvalue weighted by atomic mass is 32.1. The second-order valence-corrected chi connectivity index (χ2v) is 7.70. The van der Waals surface area contributed by atoms with Crippen LogP contribution in [0.15, 0.2) is 60.1 Å². The van der Waals surface area contributed by atoms with E-state index in [0.29, 0.717) is 24.7 Å². The topological polar surface area (TPSA) is 85.6 Å². The first kappa shape index (κ1) is 20.8. The molecule has 160 valence electrons. The number of anilines is 1. The molecule has 2 aromatic heterocycles. The van der Waals surface area contributed by atoms with Gasteiger partial charge < -0.3 is 20.2 Å². The smallest absolute Gasteiger partial charge is 0.171 e. The van der Waals surface area contributed by atoms with E-state index in [4.69, 9.17) is 21.8 Å². The summed E-state index contributed by atoms with van der Waals surface area (Å²) in [6.45, 7) is 2.85. The number of rotatable bonds is 7. The Morgan fingerprint density at radius 1 is 1.32 bits per heavy atom. The molecule has 1 aromatic carbocycles. The third kappa shape index (κ3) is 5.58. The van der Waals surface area contributed by atoms with E-state index >= 15 is 0 Å². The zero-order valence-electron chi connectivity index (χ0n) is 17.4. The summed E-state index contributed by atoms with van der Waals surface area (Å²) in [5.74, 6) is 0.795. The van der Waals surface area contributed by atoms with Crippen LogP contribution in [0.2, 0.25) is 0 Å². The minimum atomic E-state index is -0.136. The highest BCUT2D eigenvalue weighted by molar-refractivity contribution is 7.80. The molecule has 3 heterocycles. The number of nitrogens with one attached hydrogen (secondary N) is 2. The third-order valence-corrected chi connectivity index (χ3v) is 4.98. The molecule has 9 heteroatoms. The molecular weight excluding hydrogens is 412 g/mol. The molecule has 3 aromatic rings. The van der Waals surface area contributed by atoms with Crippen LogP contribution < -0.4 is 15.4 Å². The van der Waals surface area contributed by atoms with E-state index in [1.807, 2.05) is 62.8 Å². The number of hydrogen-bond donors (Lipinski definition) is 2. The van der Waals surface area contributed by atoms with E-state index in [9.17, 15) is 0 Å². The molecule has 0 bridgehead atoms. The van der Waals surface area contributed by atoms with E-state index in [0.717, 1.165) is 34.0 Å². The number of benzene rings is 1. The average Bonchev–Trinajstić information content (AvgIpc) is 3.40. The highest BCUT2D eigenvalue weighted by Gasteiger charge is 2.22. The molecule has 0 fully saturated rings. The number of para-hydroxylation sites is 1. The minimum absolute atomic E-state index is 0.136. The first-order chi connectivity index (χ1) is 15.1. The fourth-order valence-corrected chi connectivity index (χ4v) is 3.43. The molecule has 2 N–H and O–H groups in total. The molecule has 0 radical (unpaired) electrons. The predicted molar refractivity (Wildman–Crippen MR) is 124 cm³/mol. The second kappa shape index (κ2) is 9.57. The van der Waals surface area contributed by atoms with Crippen LogP contribution in [0.4, 0.5) is 5.69 Å². The molecule has 0 amide bonds. The van der Waals surface area contributed by atoms with E-state index in [-0.39, 0.29) is 6.10 Å². The number of thiocarbonyl (C=S) groups is 1. The number of pyridine rings is 1. The second-order valence-electron chi connectivity index (χ2n) is 7.29. The summed E-state index contributed by atoms with van der Waals surface area (Å²) in [5.41, 5.74) is 4.72. The van der Waals surface area contributed by atoms with Gasteiger partial charge >= 0.3 is 0 Å². The SMILES string of the molecule is Cc1cc(NC(=S)NCC2=NOC(COc3ccccc3-c3cnn(C)c3)C2)ccn1. The zero-order chi connectivity index (χ0) is 21.6. The van der Waals surface area contributed by atoms with Crippen LogP contribution in [0.1, 0.15) is 12.1 Å². The maximum absolute atomic E-state index is 6.05. The van der Waals surface area contributed by atoms with Crippen molar-refractivity contribution in [2.75, 3.05) is 18.5 Å². The Labute approximate surface area is 186 Å². The van der Waals surface area contributed by atoms with Crippen molar-refractivity contribution in [3.8, 4) is 16.9 Å². The van der Waals surface area contributed by atoms with Gasteiger partial charge in [-0.15, -0.1) is 0 Å². The van der Waals surface area contributed by atoms with Crippen molar-refractivity contribution in [1.82, 2.24) is 20.1 Å². The van der Waals surface area contributed by atoms with Gasteiger partial charge in [0.2, 0.25) is 0 Å². The van der Waals surface area contributed by atoms with Crippen LogP contribution in [-0.2, 0) is 11.9 Å². The van der Waals surface area contributed by atoms with Crippen LogP contribution >= 0.6 is 12.2 Å². The third-order valence-electron chi connectivity index (χ3n) is 4.73. The normalized spacial score (nSPS) is 15.2. The number of aromatic nitrogens is 3. The van der Waals surface area contributed by atoms with Crippen LogP contribution in [0.3, 0.4) is 0 Å². The van der Waals surface area contributed by atoms with Gasteiger partial charge in [0.15, 0.2) is 11.2 Å². The Hall–Kier alpha value is -3.46. The van der Waals surface area contributed by atoms with Gasteiger partial charge in [0.1, 0.15) is 12.4 Å². The van der Waals surface area contributed by atoms with E-state index in [1.165, 1.54) is 0 Å². The lowest BCUT2D eigenvalue weighted by Gasteiger charge is -2.13. The van der Waals surface area contributed by atoms with Gasteiger partial charge in [-0.05, 0) is 37.3 Å². The first-order valence-corrected chi connectivity index (χ1v) is 10.4. The van der Waals surface area contributed by atoms with E-state index in [1.54, 1.807) is 10.9 Å². The van der Waals surface area contributed by atoms with Crippen LogP contribution in [0.5, 0.6) is 5.75 Å². The van der Waals surface area contributed by atoms with Gasteiger partial charge in [-0.3, -0.25) is 9.67 Å². The van der Waals surface area contributed by atoms with Crippen LogP contribution in [-0.4, -0.2) is 44.8 Å². The summed E-state index contributed by atoms with van der Waals surface area (Å²) >= 11 is 5.35. The Bertz CT molecular complexity index is 1100. The summed E-state index contributed by atoms with van der Waals surface area (Å²) in [4.78, 5) is 9.71. The van der Waals surface area contributed by atoms with Crippen molar-refractivity contribution in [3.63, 3.8) is 0 Å². The van der Waals surface area contributed by atoms with E-state index < -0.39 is 0 Å². The van der Waals surface area contributed by atoms with Crippen molar-refractivity contribution >= 4 is 28.7 Å². The largest absolute Gasteiger partial charge is 0.489 e. The number of oxime groups is 1. The van der Waals surface area contributed by atoms with Crippen LogP contribution in [0, 0.1) is 6.92 Å². The maximum atomic E-state index is 6.05. The molecule has 1 unspecified atom stereocenters. The standard InChI is InChI=1S/C22H24N6O2S/c1-15-9-17(7-8-23-15)26-22(31)24-12-18-10-19(30-27-18)14-29-21-6-4-3-5-20(21)16-11-25-28(2)13-16/h3-9,11,13,19H,10,12,14H2,1-2H3,(H2,23,24,26,31). The molecule has 0 aliphatic carbocycles. The summed E-state index contributed by atoms with van der Waals surface area (Å²) < 4.78 is 7.82. The van der Waals surface area contributed by atoms with E-state index in [2.05, 4.69) is 25.9 Å². The van der Waals surface area contributed by atoms with Crippen molar-refractivity contribution in [3.05, 3.63) is 60.7 Å². The lowest BCUT2D eigenvalue weighted by atomic mass is 10.1.